The maximum Gasteiger partial charge on any atom is 0.328 e. The van der Waals surface area contributed by atoms with E-state index in [2.05, 4.69) is 5.32 Å². The minimum Gasteiger partial charge on any atom is -0.492 e. The lowest BCUT2D eigenvalue weighted by molar-refractivity contribution is -0.146. The monoisotopic (exact) mass is 477 g/mol. The fourth-order valence-electron chi connectivity index (χ4n) is 4.27. The highest BCUT2D eigenvalue weighted by molar-refractivity contribution is 6.04. The van der Waals surface area contributed by atoms with Gasteiger partial charge in [-0.1, -0.05) is 30.3 Å². The fourth-order valence-corrected chi connectivity index (χ4v) is 4.27. The Morgan fingerprint density at radius 2 is 1.79 bits per heavy atom. The Hall–Kier alpha value is -2.74. The molecule has 186 valence electrons. The first-order valence-corrected chi connectivity index (χ1v) is 11.6. The van der Waals surface area contributed by atoms with Gasteiger partial charge < -0.3 is 19.9 Å². The molecule has 0 bridgehead atoms. The number of carbonyl (C=O) groups is 2. The van der Waals surface area contributed by atoms with Crippen molar-refractivity contribution in [1.29, 1.82) is 0 Å². The van der Waals surface area contributed by atoms with Gasteiger partial charge in [0, 0.05) is 18.2 Å². The van der Waals surface area contributed by atoms with Gasteiger partial charge in [0.15, 0.2) is 6.04 Å². The van der Waals surface area contributed by atoms with Crippen LogP contribution in [0.3, 0.4) is 0 Å². The van der Waals surface area contributed by atoms with Gasteiger partial charge in [-0.3, -0.25) is 4.79 Å². The van der Waals surface area contributed by atoms with Crippen molar-refractivity contribution in [2.24, 2.45) is 5.92 Å². The molecule has 2 atom stereocenters. The van der Waals surface area contributed by atoms with Crippen molar-refractivity contribution in [2.45, 2.75) is 77.0 Å². The van der Waals surface area contributed by atoms with Crippen LogP contribution in [0.1, 0.15) is 63.7 Å². The molecule has 2 N–H and O–H groups in total. The summed E-state index contributed by atoms with van der Waals surface area (Å²) in [5.41, 5.74) is -0.402. The van der Waals surface area contributed by atoms with Crippen LogP contribution < -0.4 is 10.1 Å². The smallest absolute Gasteiger partial charge is 0.328 e. The Labute approximate surface area is 198 Å². The van der Waals surface area contributed by atoms with Crippen LogP contribution in [0.4, 0.5) is 8.78 Å². The standard InChI is InChI=1S/C26H33F2NO5/c1-16(34-25(2,3)4)21(24(31)32)29-23(30)20-10-9-18-7-5-6-8-19(18)22(20)33-15-17-11-13-26(27,28)14-12-17/h5-10,16-17,21H,11-15H2,1-4H3,(H,29,30)(H,31,32)/t16-,21+/m1/s1. The summed E-state index contributed by atoms with van der Waals surface area (Å²) >= 11 is 0. The van der Waals surface area contributed by atoms with Crippen LogP contribution >= 0.6 is 0 Å². The van der Waals surface area contributed by atoms with E-state index in [-0.39, 0.29) is 30.9 Å². The molecule has 0 aromatic heterocycles. The van der Waals surface area contributed by atoms with Gasteiger partial charge in [-0.2, -0.15) is 0 Å². The second kappa shape index (κ2) is 10.3. The molecule has 34 heavy (non-hydrogen) atoms. The number of hydrogen-bond donors (Lipinski definition) is 2. The van der Waals surface area contributed by atoms with Gasteiger partial charge >= 0.3 is 5.97 Å². The summed E-state index contributed by atoms with van der Waals surface area (Å²) in [4.78, 5) is 25.1. The lowest BCUT2D eigenvalue weighted by Gasteiger charge is -2.30. The molecule has 0 spiro atoms. The summed E-state index contributed by atoms with van der Waals surface area (Å²) in [6, 6.07) is 9.46. The van der Waals surface area contributed by atoms with Gasteiger partial charge in [0.2, 0.25) is 5.92 Å². The number of hydrogen-bond acceptors (Lipinski definition) is 4. The van der Waals surface area contributed by atoms with Crippen molar-refractivity contribution in [3.8, 4) is 5.75 Å². The van der Waals surface area contributed by atoms with Crippen molar-refractivity contribution >= 4 is 22.6 Å². The number of ether oxygens (including phenoxy) is 2. The predicted molar refractivity (Wildman–Crippen MR) is 126 cm³/mol. The molecule has 0 unspecified atom stereocenters. The van der Waals surface area contributed by atoms with Gasteiger partial charge in [-0.15, -0.1) is 0 Å². The van der Waals surface area contributed by atoms with Gasteiger partial charge in [0.25, 0.3) is 5.91 Å². The van der Waals surface area contributed by atoms with Crippen molar-refractivity contribution in [3.63, 3.8) is 0 Å². The zero-order chi connectivity index (χ0) is 25.1. The summed E-state index contributed by atoms with van der Waals surface area (Å²) < 4.78 is 38.9. The average Bonchev–Trinajstić information content (AvgIpc) is 2.74. The van der Waals surface area contributed by atoms with E-state index in [0.717, 1.165) is 5.39 Å². The van der Waals surface area contributed by atoms with Gasteiger partial charge in [0.1, 0.15) is 5.75 Å². The molecule has 0 radical (unpaired) electrons. The summed E-state index contributed by atoms with van der Waals surface area (Å²) in [7, 11) is 0. The Bertz CT molecular complexity index is 1020. The predicted octanol–water partition coefficient (Wildman–Crippen LogP) is 5.43. The zero-order valence-electron chi connectivity index (χ0n) is 20.1. The van der Waals surface area contributed by atoms with E-state index >= 15 is 0 Å². The first-order chi connectivity index (χ1) is 15.9. The highest BCUT2D eigenvalue weighted by Crippen LogP contribution is 2.37. The Morgan fingerprint density at radius 1 is 1.15 bits per heavy atom. The molecular weight excluding hydrogens is 444 g/mol. The lowest BCUT2D eigenvalue weighted by Crippen LogP contribution is -2.50. The van der Waals surface area contributed by atoms with Crippen molar-refractivity contribution in [3.05, 3.63) is 42.0 Å². The van der Waals surface area contributed by atoms with E-state index in [0.29, 0.717) is 24.0 Å². The third-order valence-electron chi connectivity index (χ3n) is 5.99. The van der Waals surface area contributed by atoms with Crippen LogP contribution in [0.2, 0.25) is 0 Å². The summed E-state index contributed by atoms with van der Waals surface area (Å²) in [6.45, 7) is 7.22. The molecule has 8 heteroatoms. The molecule has 1 amide bonds. The highest BCUT2D eigenvalue weighted by atomic mass is 19.3. The zero-order valence-corrected chi connectivity index (χ0v) is 20.1. The Morgan fingerprint density at radius 3 is 2.41 bits per heavy atom. The third-order valence-corrected chi connectivity index (χ3v) is 5.99. The van der Waals surface area contributed by atoms with Crippen molar-refractivity contribution in [2.75, 3.05) is 6.61 Å². The number of carbonyl (C=O) groups excluding carboxylic acids is 1. The van der Waals surface area contributed by atoms with Crippen molar-refractivity contribution < 1.29 is 33.0 Å². The average molecular weight is 478 g/mol. The molecule has 1 aliphatic rings. The maximum absolute atomic E-state index is 13.5. The first-order valence-electron chi connectivity index (χ1n) is 11.6. The minimum absolute atomic E-state index is 0.0403. The molecule has 3 rings (SSSR count). The molecule has 1 saturated carbocycles. The molecule has 6 nitrogen and oxygen atoms in total. The number of carboxylic acid groups (broad SMARTS) is 1. The van der Waals surface area contributed by atoms with E-state index in [4.69, 9.17) is 9.47 Å². The summed E-state index contributed by atoms with van der Waals surface area (Å²) in [6.07, 6.45) is -0.425. The Balaban J connectivity index is 1.84. The van der Waals surface area contributed by atoms with Crippen LogP contribution in [0.5, 0.6) is 5.75 Å². The van der Waals surface area contributed by atoms with Crippen molar-refractivity contribution in [1.82, 2.24) is 5.32 Å². The molecule has 0 heterocycles. The van der Waals surface area contributed by atoms with Crippen LogP contribution in [-0.4, -0.2) is 47.3 Å². The van der Waals surface area contributed by atoms with Gasteiger partial charge in [-0.25, -0.2) is 13.6 Å². The quantitative estimate of drug-likeness (QED) is 0.530. The maximum atomic E-state index is 13.5. The second-order valence-electron chi connectivity index (χ2n) is 10.00. The first kappa shape index (κ1) is 25.9. The minimum atomic E-state index is -2.63. The number of halogens is 2. The Kier molecular flexibility index (Phi) is 7.81. The van der Waals surface area contributed by atoms with Crippen LogP contribution in [-0.2, 0) is 9.53 Å². The number of aliphatic carboxylic acids is 1. The second-order valence-corrected chi connectivity index (χ2v) is 10.00. The van der Waals surface area contributed by atoms with Gasteiger partial charge in [-0.05, 0) is 57.9 Å². The number of benzene rings is 2. The highest BCUT2D eigenvalue weighted by Gasteiger charge is 2.35. The van der Waals surface area contributed by atoms with E-state index in [1.165, 1.54) is 0 Å². The third kappa shape index (κ3) is 6.65. The molecule has 0 saturated heterocycles. The summed E-state index contributed by atoms with van der Waals surface area (Å²) in [5.74, 6) is -4.16. The van der Waals surface area contributed by atoms with E-state index < -0.39 is 35.5 Å². The van der Waals surface area contributed by atoms with Gasteiger partial charge in [0.05, 0.1) is 23.9 Å². The number of nitrogens with one attached hydrogen (secondary N) is 1. The SMILES string of the molecule is C[C@@H](OC(C)(C)C)[C@H](NC(=O)c1ccc2ccccc2c1OCC1CCC(F)(F)CC1)C(=O)O. The number of carboxylic acids is 1. The number of rotatable bonds is 8. The van der Waals surface area contributed by atoms with E-state index in [1.807, 2.05) is 24.3 Å². The molecule has 0 aliphatic heterocycles. The van der Waals surface area contributed by atoms with Crippen LogP contribution in [0.25, 0.3) is 10.8 Å². The number of amides is 1. The fraction of sp³-hybridized carbons (Fsp3) is 0.538. The van der Waals surface area contributed by atoms with E-state index in [1.54, 1.807) is 39.8 Å². The molecule has 2 aromatic carbocycles. The molecular formula is C26H33F2NO5. The molecule has 2 aromatic rings. The largest absolute Gasteiger partial charge is 0.492 e. The molecule has 1 aliphatic carbocycles. The van der Waals surface area contributed by atoms with Crippen LogP contribution in [0, 0.1) is 5.92 Å². The summed E-state index contributed by atoms with van der Waals surface area (Å²) in [5, 5.41) is 13.8. The van der Waals surface area contributed by atoms with Crippen LogP contribution in [0.15, 0.2) is 36.4 Å². The number of alkyl halides is 2. The van der Waals surface area contributed by atoms with E-state index in [9.17, 15) is 23.5 Å². The number of fused-ring (bicyclic) bond motifs is 1. The normalized spacial score (nSPS) is 18.3. The lowest BCUT2D eigenvalue weighted by atomic mass is 9.87. The molecule has 1 fully saturated rings. The topological polar surface area (TPSA) is 84.9 Å².